The number of hydrogen-bond acceptors (Lipinski definition) is 4. The molecule has 6 nitrogen and oxygen atoms in total. The Balaban J connectivity index is 1.56. The number of methoxy groups -OCH3 is 2. The summed E-state index contributed by atoms with van der Waals surface area (Å²) < 4.78 is 24.7. The van der Waals surface area contributed by atoms with E-state index in [0.717, 1.165) is 36.3 Å². The summed E-state index contributed by atoms with van der Waals surface area (Å²) in [4.78, 5) is 17.6. The number of carbonyl (C=O) groups excluding carboxylic acids is 1. The Bertz CT molecular complexity index is 943. The SMILES string of the molecule is COc1cc2c(cc1OC)C(c1ccc(F)cc1)N(C(=O)NCCN1CCCCCC1)CC2. The molecule has 2 aliphatic heterocycles. The maximum Gasteiger partial charge on any atom is 0.318 e. The van der Waals surface area contributed by atoms with Crippen LogP contribution in [0.2, 0.25) is 0 Å². The molecule has 2 heterocycles. The number of likely N-dealkylation sites (tertiary alicyclic amines) is 1. The van der Waals surface area contributed by atoms with Gasteiger partial charge in [-0.1, -0.05) is 25.0 Å². The van der Waals surface area contributed by atoms with Gasteiger partial charge in [-0.05, 0) is 73.3 Å². The average molecular weight is 456 g/mol. The second-order valence-electron chi connectivity index (χ2n) is 8.79. The summed E-state index contributed by atoms with van der Waals surface area (Å²) in [6.45, 7) is 4.26. The van der Waals surface area contributed by atoms with Gasteiger partial charge in [0.1, 0.15) is 5.82 Å². The second-order valence-corrected chi connectivity index (χ2v) is 8.79. The van der Waals surface area contributed by atoms with Crippen LogP contribution in [0.5, 0.6) is 11.5 Å². The molecule has 33 heavy (non-hydrogen) atoms. The Labute approximate surface area is 195 Å². The van der Waals surface area contributed by atoms with Crippen LogP contribution < -0.4 is 14.8 Å². The van der Waals surface area contributed by atoms with Crippen molar-refractivity contribution in [1.82, 2.24) is 15.1 Å². The minimum atomic E-state index is -0.327. The number of amides is 2. The van der Waals surface area contributed by atoms with Gasteiger partial charge in [0.05, 0.1) is 20.3 Å². The fourth-order valence-corrected chi connectivity index (χ4v) is 4.95. The molecule has 0 aromatic heterocycles. The number of nitrogens with zero attached hydrogens (tertiary/aromatic N) is 2. The van der Waals surface area contributed by atoms with Crippen molar-refractivity contribution >= 4 is 6.03 Å². The van der Waals surface area contributed by atoms with Gasteiger partial charge in [0.2, 0.25) is 0 Å². The summed E-state index contributed by atoms with van der Waals surface area (Å²) in [5.74, 6) is 0.992. The highest BCUT2D eigenvalue weighted by molar-refractivity contribution is 5.76. The van der Waals surface area contributed by atoms with Crippen LogP contribution in [0.1, 0.15) is 48.4 Å². The van der Waals surface area contributed by atoms with Crippen molar-refractivity contribution in [3.63, 3.8) is 0 Å². The lowest BCUT2D eigenvalue weighted by Crippen LogP contribution is -2.47. The highest BCUT2D eigenvalue weighted by Gasteiger charge is 2.33. The van der Waals surface area contributed by atoms with Gasteiger partial charge in [0, 0.05) is 19.6 Å². The second kappa shape index (κ2) is 10.9. The molecule has 0 aliphatic carbocycles. The molecule has 1 unspecified atom stereocenters. The molecular formula is C26H34FN3O3. The highest BCUT2D eigenvalue weighted by atomic mass is 19.1. The third kappa shape index (κ3) is 5.41. The summed E-state index contributed by atoms with van der Waals surface area (Å²) in [6.07, 6.45) is 5.77. The number of ether oxygens (including phenoxy) is 2. The molecule has 2 aromatic rings. The minimum absolute atomic E-state index is 0.0976. The first-order valence-electron chi connectivity index (χ1n) is 11.9. The smallest absolute Gasteiger partial charge is 0.318 e. The fourth-order valence-electron chi connectivity index (χ4n) is 4.95. The van der Waals surface area contributed by atoms with Crippen molar-refractivity contribution < 1.29 is 18.7 Å². The monoisotopic (exact) mass is 455 g/mol. The van der Waals surface area contributed by atoms with Crippen LogP contribution in [0.25, 0.3) is 0 Å². The number of hydrogen-bond donors (Lipinski definition) is 1. The van der Waals surface area contributed by atoms with E-state index < -0.39 is 0 Å². The van der Waals surface area contributed by atoms with E-state index in [0.29, 0.717) is 31.0 Å². The number of nitrogens with one attached hydrogen (secondary N) is 1. The zero-order chi connectivity index (χ0) is 23.2. The van der Waals surface area contributed by atoms with Crippen molar-refractivity contribution in [2.75, 3.05) is 46.9 Å². The molecule has 0 bridgehead atoms. The lowest BCUT2D eigenvalue weighted by molar-refractivity contribution is 0.177. The average Bonchev–Trinajstić information content (AvgIpc) is 3.11. The predicted octanol–water partition coefficient (Wildman–Crippen LogP) is 4.38. The van der Waals surface area contributed by atoms with Gasteiger partial charge in [0.25, 0.3) is 0 Å². The van der Waals surface area contributed by atoms with E-state index in [1.54, 1.807) is 26.4 Å². The van der Waals surface area contributed by atoms with Crippen LogP contribution in [-0.2, 0) is 6.42 Å². The summed E-state index contributed by atoms with van der Waals surface area (Å²) in [5.41, 5.74) is 2.95. The van der Waals surface area contributed by atoms with Crippen LogP contribution >= 0.6 is 0 Å². The number of fused-ring (bicyclic) bond motifs is 1. The quantitative estimate of drug-likeness (QED) is 0.703. The Morgan fingerprint density at radius 2 is 1.67 bits per heavy atom. The number of benzene rings is 2. The third-order valence-electron chi connectivity index (χ3n) is 6.72. The van der Waals surface area contributed by atoms with Crippen LogP contribution in [-0.4, -0.2) is 62.8 Å². The highest BCUT2D eigenvalue weighted by Crippen LogP contribution is 2.41. The molecule has 2 aliphatic rings. The lowest BCUT2D eigenvalue weighted by atomic mass is 9.88. The standard InChI is InChI=1S/C26H34FN3O3/c1-32-23-17-20-11-15-30(26(31)28-12-16-29-13-5-3-4-6-14-29)25(22(20)18-24(23)33-2)19-7-9-21(27)10-8-19/h7-10,17-18,25H,3-6,11-16H2,1-2H3,(H,28,31). The first-order chi connectivity index (χ1) is 16.1. The molecule has 0 spiro atoms. The first-order valence-corrected chi connectivity index (χ1v) is 11.9. The summed E-state index contributed by atoms with van der Waals surface area (Å²) >= 11 is 0. The van der Waals surface area contributed by atoms with Gasteiger partial charge in [-0.2, -0.15) is 0 Å². The van der Waals surface area contributed by atoms with Crippen molar-refractivity contribution in [3.8, 4) is 11.5 Å². The molecule has 1 N–H and O–H groups in total. The molecule has 0 saturated carbocycles. The van der Waals surface area contributed by atoms with Crippen LogP contribution in [0, 0.1) is 5.82 Å². The van der Waals surface area contributed by atoms with Gasteiger partial charge < -0.3 is 24.6 Å². The number of urea groups is 1. The molecule has 2 amide bonds. The van der Waals surface area contributed by atoms with E-state index in [1.165, 1.54) is 37.8 Å². The van der Waals surface area contributed by atoms with E-state index in [2.05, 4.69) is 10.2 Å². The normalized spacial score (nSPS) is 18.9. The van der Waals surface area contributed by atoms with E-state index in [9.17, 15) is 9.18 Å². The predicted molar refractivity (Wildman–Crippen MR) is 127 cm³/mol. The van der Waals surface area contributed by atoms with Gasteiger partial charge >= 0.3 is 6.03 Å². The van der Waals surface area contributed by atoms with E-state index in [1.807, 2.05) is 17.0 Å². The molecule has 1 atom stereocenters. The van der Waals surface area contributed by atoms with Crippen molar-refractivity contribution in [2.24, 2.45) is 0 Å². The zero-order valence-electron chi connectivity index (χ0n) is 19.6. The van der Waals surface area contributed by atoms with Crippen molar-refractivity contribution in [3.05, 3.63) is 58.9 Å². The summed E-state index contributed by atoms with van der Waals surface area (Å²) in [7, 11) is 3.22. The molecule has 0 radical (unpaired) electrons. The van der Waals surface area contributed by atoms with E-state index in [-0.39, 0.29) is 17.9 Å². The molecule has 2 aromatic carbocycles. The number of carbonyl (C=O) groups is 1. The van der Waals surface area contributed by atoms with Crippen molar-refractivity contribution in [1.29, 1.82) is 0 Å². The first kappa shape index (κ1) is 23.4. The van der Waals surface area contributed by atoms with E-state index >= 15 is 0 Å². The Hall–Kier alpha value is -2.80. The van der Waals surface area contributed by atoms with Gasteiger partial charge in [-0.3, -0.25) is 0 Å². The molecule has 4 rings (SSSR count). The van der Waals surface area contributed by atoms with Crippen LogP contribution in [0.15, 0.2) is 36.4 Å². The fraction of sp³-hybridized carbons (Fsp3) is 0.500. The largest absolute Gasteiger partial charge is 0.493 e. The third-order valence-corrected chi connectivity index (χ3v) is 6.72. The number of rotatable bonds is 6. The van der Waals surface area contributed by atoms with Gasteiger partial charge in [-0.15, -0.1) is 0 Å². The van der Waals surface area contributed by atoms with Crippen molar-refractivity contribution in [2.45, 2.75) is 38.1 Å². The summed E-state index contributed by atoms with van der Waals surface area (Å²) in [6, 6.07) is 9.90. The Kier molecular flexibility index (Phi) is 7.70. The molecular weight excluding hydrogens is 421 g/mol. The molecule has 1 saturated heterocycles. The van der Waals surface area contributed by atoms with E-state index in [4.69, 9.17) is 9.47 Å². The summed E-state index contributed by atoms with van der Waals surface area (Å²) in [5, 5.41) is 3.13. The molecule has 1 fully saturated rings. The number of halogens is 1. The van der Waals surface area contributed by atoms with Crippen LogP contribution in [0.3, 0.4) is 0 Å². The van der Waals surface area contributed by atoms with Gasteiger partial charge in [-0.25, -0.2) is 9.18 Å². The zero-order valence-corrected chi connectivity index (χ0v) is 19.6. The maximum atomic E-state index is 13.7. The Morgan fingerprint density at radius 1 is 1.00 bits per heavy atom. The lowest BCUT2D eigenvalue weighted by Gasteiger charge is -2.38. The molecule has 178 valence electrons. The molecule has 7 heteroatoms. The van der Waals surface area contributed by atoms with Crippen LogP contribution in [0.4, 0.5) is 9.18 Å². The minimum Gasteiger partial charge on any atom is -0.493 e. The van der Waals surface area contributed by atoms with Gasteiger partial charge in [0.15, 0.2) is 11.5 Å². The topological polar surface area (TPSA) is 54.0 Å². The Morgan fingerprint density at radius 3 is 2.33 bits per heavy atom. The maximum absolute atomic E-state index is 13.7.